The van der Waals surface area contributed by atoms with Gasteiger partial charge in [0.15, 0.2) is 0 Å². The summed E-state index contributed by atoms with van der Waals surface area (Å²) < 4.78 is 18.9. The Hall–Kier alpha value is -4.32. The molecule has 6 aromatic rings. The Labute approximate surface area is 245 Å². The van der Waals surface area contributed by atoms with Crippen LogP contribution in [-0.4, -0.2) is 8.75 Å². The summed E-state index contributed by atoms with van der Waals surface area (Å²) in [5, 5.41) is 18.6. The molecule has 1 aliphatic rings. The molecule has 0 saturated heterocycles. The van der Waals surface area contributed by atoms with Gasteiger partial charge in [0.2, 0.25) is 0 Å². The molecule has 0 fully saturated rings. The van der Waals surface area contributed by atoms with Crippen molar-refractivity contribution < 1.29 is 0 Å². The second-order valence-corrected chi connectivity index (χ2v) is 12.5. The van der Waals surface area contributed by atoms with Crippen LogP contribution < -0.4 is 0 Å². The van der Waals surface area contributed by atoms with Crippen LogP contribution in [0.2, 0.25) is 0 Å². The molecule has 10 heteroatoms. The van der Waals surface area contributed by atoms with E-state index in [0.717, 1.165) is 75.3 Å². The monoisotopic (exact) mass is 588 g/mol. The van der Waals surface area contributed by atoms with Crippen LogP contribution in [0.15, 0.2) is 69.4 Å². The number of rotatable bonds is 4. The fourth-order valence-electron chi connectivity index (χ4n) is 4.86. The summed E-state index contributed by atoms with van der Waals surface area (Å²) in [5.74, 6) is 0. The lowest BCUT2D eigenvalue weighted by atomic mass is 10.0. The molecule has 0 N–H and O–H groups in total. The molecule has 0 saturated carbocycles. The average Bonchev–Trinajstić information content (AvgIpc) is 3.78. The van der Waals surface area contributed by atoms with Crippen molar-refractivity contribution in [1.29, 1.82) is 10.5 Å². The number of fused-ring (bicyclic) bond motifs is 2. The van der Waals surface area contributed by atoms with E-state index in [4.69, 9.17) is 17.5 Å². The van der Waals surface area contributed by atoms with Crippen molar-refractivity contribution in [2.45, 2.75) is 13.8 Å². The highest BCUT2D eigenvalue weighted by Crippen LogP contribution is 2.54. The van der Waals surface area contributed by atoms with Gasteiger partial charge < -0.3 is 0 Å². The van der Waals surface area contributed by atoms with E-state index in [2.05, 4.69) is 48.5 Å². The molecular weight excluding hydrogens is 573 g/mol. The highest BCUT2D eigenvalue weighted by Gasteiger charge is 2.27. The summed E-state index contributed by atoms with van der Waals surface area (Å²) in [5.41, 5.74) is 10.7. The zero-order valence-electron chi connectivity index (χ0n) is 21.1. The molecule has 1 aliphatic heterocycles. The predicted molar refractivity (Wildman–Crippen MR) is 165 cm³/mol. The number of benzene rings is 3. The summed E-state index contributed by atoms with van der Waals surface area (Å²) in [6.07, 6.45) is 0. The third-order valence-electron chi connectivity index (χ3n) is 6.89. The van der Waals surface area contributed by atoms with Gasteiger partial charge in [-0.3, -0.25) is 0 Å². The summed E-state index contributed by atoms with van der Waals surface area (Å²) in [6.45, 7) is 3.92. The van der Waals surface area contributed by atoms with Crippen LogP contribution in [-0.2, 0) is 11.4 Å². The first kappa shape index (κ1) is 24.7. The highest BCUT2D eigenvalue weighted by molar-refractivity contribution is 7.58. The first-order valence-corrected chi connectivity index (χ1v) is 15.3. The van der Waals surface area contributed by atoms with Gasteiger partial charge in [0, 0.05) is 30.6 Å². The van der Waals surface area contributed by atoms with E-state index in [1.54, 1.807) is 22.7 Å². The summed E-state index contributed by atoms with van der Waals surface area (Å²) >= 11 is 5.75. The minimum absolute atomic E-state index is 0.688. The highest BCUT2D eigenvalue weighted by atomic mass is 32.1. The number of nitriles is 2. The SMILES string of the molecule is Cc1cc(-c2ccc(-c3c4c(c(-c5ccc(-c6ccc(C#N)c(C)c6)s5)c5nsnc35)N=S=N4)s2)ccc1C#N. The molecule has 0 atom stereocenters. The lowest BCUT2D eigenvalue weighted by Crippen LogP contribution is -1.85. The van der Waals surface area contributed by atoms with Gasteiger partial charge in [0.1, 0.15) is 22.4 Å². The molecular formula is C30H16N6S4. The molecule has 6 nitrogen and oxygen atoms in total. The first-order chi connectivity index (χ1) is 19.6. The van der Waals surface area contributed by atoms with Gasteiger partial charge in [-0.15, -0.1) is 22.7 Å². The zero-order valence-corrected chi connectivity index (χ0v) is 24.4. The van der Waals surface area contributed by atoms with Gasteiger partial charge in [-0.25, -0.2) is 0 Å². The van der Waals surface area contributed by atoms with E-state index in [1.807, 2.05) is 38.1 Å². The van der Waals surface area contributed by atoms with Crippen molar-refractivity contribution in [3.05, 3.63) is 82.9 Å². The number of aryl methyl sites for hydroxylation is 2. The van der Waals surface area contributed by atoms with E-state index in [0.29, 0.717) is 11.1 Å². The van der Waals surface area contributed by atoms with Crippen LogP contribution in [0.3, 0.4) is 0 Å². The summed E-state index contributed by atoms with van der Waals surface area (Å²) in [6, 6.07) is 24.8. The largest absolute Gasteiger partial charge is 0.192 e. The Morgan fingerprint density at radius 1 is 0.600 bits per heavy atom. The fourth-order valence-corrected chi connectivity index (χ4v) is 8.08. The van der Waals surface area contributed by atoms with Crippen LogP contribution in [0.4, 0.5) is 11.4 Å². The molecule has 7 rings (SSSR count). The van der Waals surface area contributed by atoms with Gasteiger partial charge >= 0.3 is 0 Å². The summed E-state index contributed by atoms with van der Waals surface area (Å²) in [7, 11) is 0. The molecule has 0 bridgehead atoms. The molecule has 0 amide bonds. The predicted octanol–water partition coefficient (Wildman–Crippen LogP) is 9.57. The van der Waals surface area contributed by atoms with Crippen LogP contribution in [0.1, 0.15) is 22.3 Å². The minimum atomic E-state index is 0.688. The minimum Gasteiger partial charge on any atom is -0.192 e. The maximum atomic E-state index is 9.31. The second-order valence-electron chi connectivity index (χ2n) is 9.28. The number of nitrogens with zero attached hydrogens (tertiary/aromatic N) is 6. The van der Waals surface area contributed by atoms with E-state index < -0.39 is 0 Å². The Morgan fingerprint density at radius 2 is 1.05 bits per heavy atom. The lowest BCUT2D eigenvalue weighted by molar-refractivity contribution is 1.40. The zero-order chi connectivity index (χ0) is 27.4. The number of hydrogen-bond donors (Lipinski definition) is 0. The molecule has 40 heavy (non-hydrogen) atoms. The van der Waals surface area contributed by atoms with Crippen molar-refractivity contribution in [3.8, 4) is 53.9 Å². The van der Waals surface area contributed by atoms with E-state index in [9.17, 15) is 10.5 Å². The standard InChI is InChI=1S/C30H16N6S4/c1-15-11-17(3-5-19(15)13-31)21-7-9-23(37-21)25-27-29(35-39-33-27)26(30-28(25)34-40-36-30)24-10-8-22(38-24)18-4-6-20(14-32)16(2)12-18/h3-12H,1-2H3. The normalized spacial score (nSPS) is 11.8. The Morgan fingerprint density at radius 3 is 1.48 bits per heavy atom. The van der Waals surface area contributed by atoms with Gasteiger partial charge in [-0.1, -0.05) is 12.1 Å². The van der Waals surface area contributed by atoms with Gasteiger partial charge in [-0.2, -0.15) is 28.0 Å². The maximum Gasteiger partial charge on any atom is 0.116 e. The lowest BCUT2D eigenvalue weighted by Gasteiger charge is -2.09. The second kappa shape index (κ2) is 9.70. The van der Waals surface area contributed by atoms with Crippen molar-refractivity contribution in [2.75, 3.05) is 0 Å². The molecule has 4 heterocycles. The van der Waals surface area contributed by atoms with Crippen molar-refractivity contribution in [3.63, 3.8) is 0 Å². The smallest absolute Gasteiger partial charge is 0.116 e. The third kappa shape index (κ3) is 3.93. The van der Waals surface area contributed by atoms with Crippen LogP contribution in [0.5, 0.6) is 0 Å². The van der Waals surface area contributed by atoms with Crippen LogP contribution in [0, 0.1) is 36.5 Å². The van der Waals surface area contributed by atoms with Crippen molar-refractivity contribution in [1.82, 2.24) is 8.75 Å². The quantitative estimate of drug-likeness (QED) is 0.204. The molecule has 3 aromatic heterocycles. The average molecular weight is 589 g/mol. The van der Waals surface area contributed by atoms with Gasteiger partial charge in [0.05, 0.1) is 46.3 Å². The van der Waals surface area contributed by atoms with E-state index >= 15 is 0 Å². The Balaban J connectivity index is 1.35. The van der Waals surface area contributed by atoms with Crippen molar-refractivity contribution >= 4 is 68.2 Å². The summed E-state index contributed by atoms with van der Waals surface area (Å²) in [4.78, 5) is 4.33. The number of thiophene rings is 2. The Kier molecular flexibility index (Phi) is 5.99. The van der Waals surface area contributed by atoms with Crippen LogP contribution >= 0.6 is 34.4 Å². The van der Waals surface area contributed by atoms with Gasteiger partial charge in [0.25, 0.3) is 0 Å². The van der Waals surface area contributed by atoms with Crippen molar-refractivity contribution in [2.24, 2.45) is 8.73 Å². The topological polar surface area (TPSA) is 98.1 Å². The first-order valence-electron chi connectivity index (χ1n) is 12.2. The van der Waals surface area contributed by atoms with Gasteiger partial charge in [-0.05, 0) is 84.6 Å². The van der Waals surface area contributed by atoms with E-state index in [1.165, 1.54) is 23.1 Å². The molecule has 0 unspecified atom stereocenters. The molecule has 0 radical (unpaired) electrons. The Bertz CT molecular complexity index is 2010. The molecule has 0 spiro atoms. The number of aromatic nitrogens is 2. The van der Waals surface area contributed by atoms with Crippen LogP contribution in [0.25, 0.3) is 52.8 Å². The number of hydrogen-bond acceptors (Lipinski definition) is 9. The third-order valence-corrected chi connectivity index (χ3v) is 10.3. The fraction of sp³-hybridized carbons (Fsp3) is 0.0667. The van der Waals surface area contributed by atoms with E-state index in [-0.39, 0.29) is 0 Å². The molecule has 3 aromatic carbocycles. The molecule has 0 aliphatic carbocycles. The maximum absolute atomic E-state index is 9.31. The molecule has 190 valence electrons.